The number of H-pyrrole nitrogens is 3. The summed E-state index contributed by atoms with van der Waals surface area (Å²) in [5.74, 6) is 1.26. The number of benzene rings is 6. The fourth-order valence-corrected chi connectivity index (χ4v) is 9.02. The lowest BCUT2D eigenvalue weighted by Gasteiger charge is -2.21. The number of nitrogens with one attached hydrogen (secondary N) is 3. The van der Waals surface area contributed by atoms with Gasteiger partial charge in [-0.15, -0.1) is 0 Å². The van der Waals surface area contributed by atoms with Crippen LogP contribution in [0.4, 0.5) is 0 Å². The predicted molar refractivity (Wildman–Crippen MR) is 273 cm³/mol. The van der Waals surface area contributed by atoms with E-state index in [1.54, 1.807) is 19.0 Å². The molecule has 0 bridgehead atoms. The Hall–Kier alpha value is -7.05. The maximum absolute atomic E-state index is 4.13. The molecule has 9 rings (SSSR count). The average molecular weight is 871 g/mol. The smallest absolute Gasteiger partial charge is 0.0921 e. The Labute approximate surface area is 393 Å². The average Bonchev–Trinajstić information content (AvgIpc) is 4.16. The van der Waals surface area contributed by atoms with Gasteiger partial charge >= 0.3 is 0 Å². The molecular weight excluding hydrogens is 805 g/mol. The van der Waals surface area contributed by atoms with Crippen molar-refractivity contribution in [1.29, 1.82) is 0 Å². The van der Waals surface area contributed by atoms with Crippen LogP contribution < -0.4 is 0 Å². The standard InChI is InChI=1S/3C20H22N2/c1-15-3-7-17(8-4-15)20(12-11-19-13-21-14-22-19)18-9-5-16(2)6-10-18;1-15-5-3-7-17(11-15)20(10-9-19-13-21-14-22-19)18-8-4-6-16(2)12-18;1-15-7-3-5-9-18(15)20(12-11-17-13-21-14-22-17)19-10-6-4-8-16(19)2/h3-10,13-14,20H,11-12H2,1-2H3,(H,21,22);3-8,11-14,20H,9-10H2,1-2H3,(H,21,22);3-10,13-14,20H,11-12H2,1-2H3,(H,21,22). The molecule has 3 heterocycles. The van der Waals surface area contributed by atoms with Crippen molar-refractivity contribution in [3.05, 3.63) is 267 Å². The quantitative estimate of drug-likeness (QED) is 0.0959. The van der Waals surface area contributed by atoms with Gasteiger partial charge in [0.2, 0.25) is 0 Å². The highest BCUT2D eigenvalue weighted by molar-refractivity contribution is 5.41. The van der Waals surface area contributed by atoms with E-state index in [4.69, 9.17) is 0 Å². The number of aromatic nitrogens is 6. The van der Waals surface area contributed by atoms with Crippen molar-refractivity contribution in [2.24, 2.45) is 0 Å². The van der Waals surface area contributed by atoms with Crippen molar-refractivity contribution in [3.63, 3.8) is 0 Å². The largest absolute Gasteiger partial charge is 0.348 e. The maximum atomic E-state index is 4.13. The maximum Gasteiger partial charge on any atom is 0.0921 e. The SMILES string of the molecule is Cc1ccc(C(CCc2cnc[nH]2)c2ccc(C)cc2)cc1.Cc1cccc(C(CCc2cnc[nH]2)c2cccc(C)c2)c1.Cc1ccccc1C(CCc1cnc[nH]1)c1ccccc1C. The summed E-state index contributed by atoms with van der Waals surface area (Å²) in [5, 5.41) is 0. The van der Waals surface area contributed by atoms with Crippen molar-refractivity contribution < 1.29 is 0 Å². The summed E-state index contributed by atoms with van der Waals surface area (Å²) in [5.41, 5.74) is 20.0. The number of aryl methyl sites for hydroxylation is 9. The fourth-order valence-electron chi connectivity index (χ4n) is 9.02. The molecule has 0 unspecified atom stereocenters. The van der Waals surface area contributed by atoms with E-state index in [2.05, 4.69) is 217 Å². The Morgan fingerprint density at radius 1 is 0.348 bits per heavy atom. The van der Waals surface area contributed by atoms with Crippen LogP contribution in [-0.4, -0.2) is 29.9 Å². The van der Waals surface area contributed by atoms with Crippen molar-refractivity contribution in [2.45, 2.75) is 97.8 Å². The molecule has 0 aliphatic heterocycles. The van der Waals surface area contributed by atoms with E-state index in [-0.39, 0.29) is 0 Å². The van der Waals surface area contributed by atoms with Crippen LogP contribution in [0.3, 0.4) is 0 Å². The molecule has 0 aliphatic carbocycles. The lowest BCUT2D eigenvalue weighted by molar-refractivity contribution is 0.699. The Kier molecular flexibility index (Phi) is 16.9. The van der Waals surface area contributed by atoms with E-state index in [1.807, 2.05) is 18.6 Å². The monoisotopic (exact) mass is 871 g/mol. The Morgan fingerprint density at radius 2 is 0.712 bits per heavy atom. The lowest BCUT2D eigenvalue weighted by atomic mass is 9.83. The highest BCUT2D eigenvalue weighted by atomic mass is 14.9. The van der Waals surface area contributed by atoms with Crippen LogP contribution in [0.1, 0.15) is 121 Å². The minimum Gasteiger partial charge on any atom is -0.348 e. The molecule has 6 aromatic carbocycles. The van der Waals surface area contributed by atoms with Crippen molar-refractivity contribution >= 4 is 0 Å². The van der Waals surface area contributed by atoms with Gasteiger partial charge in [0.15, 0.2) is 0 Å². The zero-order valence-electron chi connectivity index (χ0n) is 39.6. The normalized spacial score (nSPS) is 11.0. The summed E-state index contributed by atoms with van der Waals surface area (Å²) in [6, 6.07) is 53.0. The first kappa shape index (κ1) is 46.9. The van der Waals surface area contributed by atoms with Crippen molar-refractivity contribution in [1.82, 2.24) is 29.9 Å². The third-order valence-electron chi connectivity index (χ3n) is 12.7. The topological polar surface area (TPSA) is 86.0 Å². The van der Waals surface area contributed by atoms with Crippen LogP contribution in [-0.2, 0) is 19.3 Å². The first-order valence-corrected chi connectivity index (χ1v) is 23.5. The first-order valence-electron chi connectivity index (χ1n) is 23.5. The van der Waals surface area contributed by atoms with E-state index in [9.17, 15) is 0 Å². The zero-order valence-corrected chi connectivity index (χ0v) is 39.6. The van der Waals surface area contributed by atoms with Crippen molar-refractivity contribution in [3.8, 4) is 0 Å². The van der Waals surface area contributed by atoms with Gasteiger partial charge in [0.25, 0.3) is 0 Å². The second kappa shape index (κ2) is 23.8. The fraction of sp³-hybridized carbons (Fsp3) is 0.250. The molecule has 0 spiro atoms. The van der Waals surface area contributed by atoms with Crippen LogP contribution in [0.15, 0.2) is 183 Å². The summed E-state index contributed by atoms with van der Waals surface area (Å²) in [6.45, 7) is 13.0. The lowest BCUT2D eigenvalue weighted by Crippen LogP contribution is -2.07. The molecule has 0 radical (unpaired) electrons. The minimum absolute atomic E-state index is 0.420. The summed E-state index contributed by atoms with van der Waals surface area (Å²) in [6.07, 6.45) is 17.3. The van der Waals surface area contributed by atoms with Crippen LogP contribution in [0, 0.1) is 41.5 Å². The third-order valence-corrected chi connectivity index (χ3v) is 12.7. The Balaban J connectivity index is 0.000000147. The number of rotatable bonds is 15. The minimum atomic E-state index is 0.420. The number of nitrogens with zero attached hydrogens (tertiary/aromatic N) is 3. The molecule has 0 fully saturated rings. The number of aromatic amines is 3. The Morgan fingerprint density at radius 3 is 1.06 bits per heavy atom. The van der Waals surface area contributed by atoms with Crippen LogP contribution in [0.25, 0.3) is 0 Å². The highest BCUT2D eigenvalue weighted by Gasteiger charge is 2.19. The Bertz CT molecular complexity index is 2630. The molecule has 3 N–H and O–H groups in total. The molecule has 0 saturated heterocycles. The second-order valence-corrected chi connectivity index (χ2v) is 17.9. The highest BCUT2D eigenvalue weighted by Crippen LogP contribution is 2.34. The van der Waals surface area contributed by atoms with Gasteiger partial charge in [-0.1, -0.05) is 168 Å². The molecule has 0 saturated carbocycles. The van der Waals surface area contributed by atoms with E-state index in [1.165, 1.54) is 83.8 Å². The van der Waals surface area contributed by atoms with E-state index < -0.39 is 0 Å². The predicted octanol–water partition coefficient (Wildman–Crippen LogP) is 14.4. The van der Waals surface area contributed by atoms with E-state index in [0.29, 0.717) is 17.8 Å². The first-order chi connectivity index (χ1) is 32.2. The zero-order chi connectivity index (χ0) is 46.1. The molecule has 66 heavy (non-hydrogen) atoms. The van der Waals surface area contributed by atoms with Crippen LogP contribution in [0.5, 0.6) is 0 Å². The summed E-state index contributed by atoms with van der Waals surface area (Å²) >= 11 is 0. The van der Waals surface area contributed by atoms with Crippen molar-refractivity contribution in [2.75, 3.05) is 0 Å². The molecule has 0 aliphatic rings. The summed E-state index contributed by atoms with van der Waals surface area (Å²) in [7, 11) is 0. The van der Waals surface area contributed by atoms with Gasteiger partial charge in [-0.2, -0.15) is 0 Å². The molecule has 3 aromatic heterocycles. The van der Waals surface area contributed by atoms with Gasteiger partial charge in [-0.05, 0) is 125 Å². The number of imidazole rings is 3. The summed E-state index contributed by atoms with van der Waals surface area (Å²) < 4.78 is 0. The van der Waals surface area contributed by atoms with Crippen LogP contribution in [0.2, 0.25) is 0 Å². The molecule has 6 heteroatoms. The molecule has 0 atom stereocenters. The van der Waals surface area contributed by atoms with Gasteiger partial charge < -0.3 is 15.0 Å². The van der Waals surface area contributed by atoms with E-state index in [0.717, 1.165) is 38.5 Å². The molecular formula is C60H66N6. The number of hydrogen-bond donors (Lipinski definition) is 3. The van der Waals surface area contributed by atoms with Gasteiger partial charge in [0.05, 0.1) is 19.0 Å². The summed E-state index contributed by atoms with van der Waals surface area (Å²) in [4.78, 5) is 22.0. The second-order valence-electron chi connectivity index (χ2n) is 17.9. The molecule has 6 nitrogen and oxygen atoms in total. The van der Waals surface area contributed by atoms with Crippen LogP contribution >= 0.6 is 0 Å². The third kappa shape index (κ3) is 13.5. The van der Waals surface area contributed by atoms with E-state index >= 15 is 0 Å². The number of hydrogen-bond acceptors (Lipinski definition) is 3. The van der Waals surface area contributed by atoms with Gasteiger partial charge in [-0.3, -0.25) is 0 Å². The van der Waals surface area contributed by atoms with Gasteiger partial charge in [0.1, 0.15) is 0 Å². The van der Waals surface area contributed by atoms with Gasteiger partial charge in [-0.25, -0.2) is 15.0 Å². The molecule has 0 amide bonds. The molecule has 9 aromatic rings. The molecule has 336 valence electrons. The van der Waals surface area contributed by atoms with Gasteiger partial charge in [0, 0.05) is 53.4 Å².